The van der Waals surface area contributed by atoms with Gasteiger partial charge >= 0.3 is 0 Å². The van der Waals surface area contributed by atoms with Crippen LogP contribution in [0.4, 0.5) is 9.52 Å². The summed E-state index contributed by atoms with van der Waals surface area (Å²) in [6.45, 7) is 2.47. The lowest BCUT2D eigenvalue weighted by molar-refractivity contribution is -0.115. The molecule has 2 amide bonds. The molecule has 3 rings (SSSR count). The van der Waals surface area contributed by atoms with Crippen molar-refractivity contribution in [3.05, 3.63) is 65.3 Å². The molecule has 6 nitrogen and oxygen atoms in total. The zero-order valence-corrected chi connectivity index (χ0v) is 16.6. The first kappa shape index (κ1) is 20.5. The summed E-state index contributed by atoms with van der Waals surface area (Å²) in [5.74, 6) is -0.653. The van der Waals surface area contributed by atoms with Crippen molar-refractivity contribution in [3.63, 3.8) is 0 Å². The predicted molar refractivity (Wildman–Crippen MR) is 111 cm³/mol. The molecule has 0 fully saturated rings. The van der Waals surface area contributed by atoms with Crippen LogP contribution in [0.25, 0.3) is 11.3 Å². The van der Waals surface area contributed by atoms with E-state index in [2.05, 4.69) is 15.6 Å². The molecule has 150 valence electrons. The van der Waals surface area contributed by atoms with Crippen LogP contribution in [0.3, 0.4) is 0 Å². The summed E-state index contributed by atoms with van der Waals surface area (Å²) in [7, 11) is 0. The zero-order chi connectivity index (χ0) is 20.6. The molecule has 29 heavy (non-hydrogen) atoms. The summed E-state index contributed by atoms with van der Waals surface area (Å²) in [5.41, 5.74) is 1.79. The number of hydrogen-bond acceptors (Lipinski definition) is 5. The Bertz CT molecular complexity index is 989. The van der Waals surface area contributed by atoms with Crippen LogP contribution in [0.1, 0.15) is 23.7 Å². The Morgan fingerprint density at radius 1 is 1.17 bits per heavy atom. The summed E-state index contributed by atoms with van der Waals surface area (Å²) in [5, 5.41) is 7.36. The van der Waals surface area contributed by atoms with E-state index in [0.29, 0.717) is 11.7 Å². The molecule has 1 aromatic heterocycles. The van der Waals surface area contributed by atoms with Crippen LogP contribution in [0.15, 0.2) is 53.9 Å². The highest BCUT2D eigenvalue weighted by Gasteiger charge is 2.11. The Kier molecular flexibility index (Phi) is 6.91. The van der Waals surface area contributed by atoms with Crippen molar-refractivity contribution in [1.29, 1.82) is 0 Å². The maximum Gasteiger partial charge on any atom is 0.251 e. The highest BCUT2D eigenvalue weighted by atomic mass is 32.1. The van der Waals surface area contributed by atoms with Crippen LogP contribution in [0, 0.1) is 5.82 Å². The van der Waals surface area contributed by atoms with E-state index in [0.717, 1.165) is 29.5 Å². The molecule has 1 heterocycles. The summed E-state index contributed by atoms with van der Waals surface area (Å²) in [4.78, 5) is 28.4. The Morgan fingerprint density at radius 3 is 2.69 bits per heavy atom. The van der Waals surface area contributed by atoms with Crippen molar-refractivity contribution >= 4 is 28.3 Å². The number of hydrogen-bond donors (Lipinski definition) is 2. The first-order valence-corrected chi connectivity index (χ1v) is 9.95. The molecule has 0 saturated carbocycles. The molecule has 0 atom stereocenters. The largest absolute Gasteiger partial charge is 0.494 e. The van der Waals surface area contributed by atoms with Gasteiger partial charge in [0, 0.05) is 16.5 Å². The van der Waals surface area contributed by atoms with Gasteiger partial charge in [-0.15, -0.1) is 11.3 Å². The molecule has 0 aliphatic carbocycles. The summed E-state index contributed by atoms with van der Waals surface area (Å²) < 4.78 is 18.7. The van der Waals surface area contributed by atoms with Gasteiger partial charge in [0.1, 0.15) is 11.6 Å². The Balaban J connectivity index is 1.53. The third-order valence-corrected chi connectivity index (χ3v) is 4.63. The van der Waals surface area contributed by atoms with E-state index in [-0.39, 0.29) is 12.1 Å². The van der Waals surface area contributed by atoms with Gasteiger partial charge in [0.2, 0.25) is 5.91 Å². The monoisotopic (exact) mass is 413 g/mol. The lowest BCUT2D eigenvalue weighted by Crippen LogP contribution is -2.32. The molecule has 3 aromatic rings. The van der Waals surface area contributed by atoms with Crippen LogP contribution in [-0.4, -0.2) is 29.9 Å². The first-order valence-electron chi connectivity index (χ1n) is 9.07. The van der Waals surface area contributed by atoms with Gasteiger partial charge in [-0.1, -0.05) is 13.0 Å². The van der Waals surface area contributed by atoms with Crippen LogP contribution in [0.2, 0.25) is 0 Å². The van der Waals surface area contributed by atoms with Crippen molar-refractivity contribution in [2.75, 3.05) is 18.5 Å². The maximum atomic E-state index is 13.2. The number of nitrogens with zero attached hydrogens (tertiary/aromatic N) is 1. The maximum absolute atomic E-state index is 13.2. The topological polar surface area (TPSA) is 80.3 Å². The van der Waals surface area contributed by atoms with E-state index in [9.17, 15) is 14.0 Å². The Labute approximate surface area is 171 Å². The molecular weight excluding hydrogens is 393 g/mol. The SMILES string of the molecule is CCCOc1ccc(-c2csc(NC(=O)CNC(=O)c3cccc(F)c3)n2)cc1. The lowest BCUT2D eigenvalue weighted by atomic mass is 10.2. The highest BCUT2D eigenvalue weighted by molar-refractivity contribution is 7.14. The third kappa shape index (κ3) is 5.86. The van der Waals surface area contributed by atoms with Gasteiger partial charge < -0.3 is 15.4 Å². The molecule has 2 N–H and O–H groups in total. The number of carbonyl (C=O) groups is 2. The van der Waals surface area contributed by atoms with Gasteiger partial charge in [-0.3, -0.25) is 9.59 Å². The number of carbonyl (C=O) groups excluding carboxylic acids is 2. The molecule has 0 radical (unpaired) electrons. The number of aromatic nitrogens is 1. The number of nitrogens with one attached hydrogen (secondary N) is 2. The van der Waals surface area contributed by atoms with E-state index in [1.807, 2.05) is 36.6 Å². The smallest absolute Gasteiger partial charge is 0.251 e. The number of anilines is 1. The van der Waals surface area contributed by atoms with Crippen molar-refractivity contribution in [1.82, 2.24) is 10.3 Å². The van der Waals surface area contributed by atoms with Gasteiger partial charge in [-0.25, -0.2) is 9.37 Å². The fraction of sp³-hybridized carbons (Fsp3) is 0.190. The molecule has 2 aromatic carbocycles. The van der Waals surface area contributed by atoms with Gasteiger partial charge in [0.25, 0.3) is 5.91 Å². The van der Waals surface area contributed by atoms with Crippen molar-refractivity contribution in [3.8, 4) is 17.0 Å². The average Bonchev–Trinajstić information content (AvgIpc) is 3.19. The van der Waals surface area contributed by atoms with E-state index < -0.39 is 17.6 Å². The molecule has 0 unspecified atom stereocenters. The quantitative estimate of drug-likeness (QED) is 0.583. The number of thiazole rings is 1. The van der Waals surface area contributed by atoms with E-state index in [1.54, 1.807) is 0 Å². The van der Waals surface area contributed by atoms with Gasteiger partial charge in [0.15, 0.2) is 5.13 Å². The minimum atomic E-state index is -0.523. The number of ether oxygens (including phenoxy) is 1. The molecule has 0 aliphatic rings. The van der Waals surface area contributed by atoms with Gasteiger partial charge in [-0.05, 0) is 48.9 Å². The van der Waals surface area contributed by atoms with E-state index in [1.165, 1.54) is 29.5 Å². The van der Waals surface area contributed by atoms with Crippen molar-refractivity contribution in [2.24, 2.45) is 0 Å². The fourth-order valence-electron chi connectivity index (χ4n) is 2.46. The fourth-order valence-corrected chi connectivity index (χ4v) is 3.20. The molecule has 0 saturated heterocycles. The minimum absolute atomic E-state index is 0.153. The third-order valence-electron chi connectivity index (χ3n) is 3.87. The van der Waals surface area contributed by atoms with Crippen LogP contribution in [-0.2, 0) is 4.79 Å². The Morgan fingerprint density at radius 2 is 1.97 bits per heavy atom. The van der Waals surface area contributed by atoms with Crippen molar-refractivity contribution in [2.45, 2.75) is 13.3 Å². The second-order valence-corrected chi connectivity index (χ2v) is 7.01. The second-order valence-electron chi connectivity index (χ2n) is 6.15. The lowest BCUT2D eigenvalue weighted by Gasteiger charge is -2.05. The molecule has 0 aliphatic heterocycles. The number of benzene rings is 2. The number of halogens is 1. The summed E-state index contributed by atoms with van der Waals surface area (Å²) in [6, 6.07) is 12.8. The van der Waals surface area contributed by atoms with E-state index in [4.69, 9.17) is 4.74 Å². The zero-order valence-electron chi connectivity index (χ0n) is 15.8. The molecule has 8 heteroatoms. The van der Waals surface area contributed by atoms with Crippen LogP contribution < -0.4 is 15.4 Å². The predicted octanol–water partition coefficient (Wildman–Crippen LogP) is 4.11. The number of rotatable bonds is 8. The first-order chi connectivity index (χ1) is 14.0. The van der Waals surface area contributed by atoms with Gasteiger partial charge in [0.05, 0.1) is 18.8 Å². The standard InChI is InChI=1S/C21H20FN3O3S/c1-2-10-28-17-8-6-14(7-9-17)18-13-29-21(24-18)25-19(26)12-23-20(27)15-4-3-5-16(22)11-15/h3-9,11,13H,2,10,12H2,1H3,(H,23,27)(H,24,25,26). The summed E-state index contributed by atoms with van der Waals surface area (Å²) >= 11 is 1.29. The van der Waals surface area contributed by atoms with Crippen molar-refractivity contribution < 1.29 is 18.7 Å². The second kappa shape index (κ2) is 9.79. The van der Waals surface area contributed by atoms with Crippen LogP contribution in [0.5, 0.6) is 5.75 Å². The molecule has 0 spiro atoms. The van der Waals surface area contributed by atoms with Gasteiger partial charge in [-0.2, -0.15) is 0 Å². The average molecular weight is 413 g/mol. The summed E-state index contributed by atoms with van der Waals surface area (Å²) in [6.07, 6.45) is 0.944. The molecular formula is C21H20FN3O3S. The minimum Gasteiger partial charge on any atom is -0.494 e. The Hall–Kier alpha value is -3.26. The van der Waals surface area contributed by atoms with Crippen LogP contribution >= 0.6 is 11.3 Å². The molecule has 0 bridgehead atoms. The number of amides is 2. The normalized spacial score (nSPS) is 10.4. The van der Waals surface area contributed by atoms with E-state index >= 15 is 0 Å². The highest BCUT2D eigenvalue weighted by Crippen LogP contribution is 2.26.